The summed E-state index contributed by atoms with van der Waals surface area (Å²) in [6, 6.07) is 8.68. The molecule has 0 aliphatic heterocycles. The van der Waals surface area contributed by atoms with Crippen molar-refractivity contribution < 1.29 is 0 Å². The minimum absolute atomic E-state index is 0.151. The molecule has 0 radical (unpaired) electrons. The molecule has 1 aromatic carbocycles. The van der Waals surface area contributed by atoms with Crippen molar-refractivity contribution >= 4 is 5.96 Å². The van der Waals surface area contributed by atoms with Crippen LogP contribution in [0.4, 0.5) is 0 Å². The number of nitrogens with zero attached hydrogens (tertiary/aromatic N) is 1. The summed E-state index contributed by atoms with van der Waals surface area (Å²) >= 11 is 0. The Bertz CT molecular complexity index is 474. The van der Waals surface area contributed by atoms with Gasteiger partial charge in [0.2, 0.25) is 0 Å². The zero-order chi connectivity index (χ0) is 16.6. The summed E-state index contributed by atoms with van der Waals surface area (Å²) in [5.74, 6) is 1.31. The van der Waals surface area contributed by atoms with Crippen molar-refractivity contribution in [2.45, 2.75) is 46.1 Å². The van der Waals surface area contributed by atoms with Crippen molar-refractivity contribution in [3.8, 4) is 0 Å². The summed E-state index contributed by atoms with van der Waals surface area (Å²) in [5.41, 5.74) is 2.82. The molecule has 0 bridgehead atoms. The molecule has 0 amide bonds. The molecule has 1 atom stereocenters. The molecule has 0 spiro atoms. The van der Waals surface area contributed by atoms with E-state index in [1.807, 2.05) is 7.05 Å². The fourth-order valence-corrected chi connectivity index (χ4v) is 2.18. The minimum atomic E-state index is 0.151. The second-order valence-electron chi connectivity index (χ2n) is 6.87. The predicted octanol–water partition coefficient (Wildman–Crippen LogP) is 2.65. The van der Waals surface area contributed by atoms with Crippen LogP contribution >= 0.6 is 0 Å². The van der Waals surface area contributed by atoms with Gasteiger partial charge in [0.05, 0.1) is 0 Å². The number of benzene rings is 1. The SMILES string of the molecule is CN=C(NCCNC(C)(C)C)NCC(C)c1cccc(C)c1. The minimum Gasteiger partial charge on any atom is -0.356 e. The van der Waals surface area contributed by atoms with E-state index in [1.165, 1.54) is 11.1 Å². The highest BCUT2D eigenvalue weighted by Gasteiger charge is 2.09. The van der Waals surface area contributed by atoms with E-state index in [2.05, 4.69) is 79.8 Å². The largest absolute Gasteiger partial charge is 0.356 e. The molecule has 0 aromatic heterocycles. The summed E-state index contributed by atoms with van der Waals surface area (Å²) in [4.78, 5) is 4.27. The van der Waals surface area contributed by atoms with Crippen LogP contribution in [0.3, 0.4) is 0 Å². The number of hydrogen-bond donors (Lipinski definition) is 3. The first kappa shape index (κ1) is 18.5. The van der Waals surface area contributed by atoms with E-state index < -0.39 is 0 Å². The molecule has 1 aromatic rings. The van der Waals surface area contributed by atoms with Crippen LogP contribution in [0.25, 0.3) is 0 Å². The van der Waals surface area contributed by atoms with Crippen LogP contribution in [0.1, 0.15) is 44.7 Å². The zero-order valence-electron chi connectivity index (χ0n) is 15.0. The van der Waals surface area contributed by atoms with Crippen molar-refractivity contribution in [1.82, 2.24) is 16.0 Å². The summed E-state index contributed by atoms with van der Waals surface area (Å²) in [5, 5.41) is 10.2. The summed E-state index contributed by atoms with van der Waals surface area (Å²) in [7, 11) is 1.81. The third kappa shape index (κ3) is 7.46. The maximum Gasteiger partial charge on any atom is 0.191 e. The summed E-state index contributed by atoms with van der Waals surface area (Å²) in [6.45, 7) is 13.5. The highest BCUT2D eigenvalue weighted by Crippen LogP contribution is 2.15. The first-order valence-electron chi connectivity index (χ1n) is 8.08. The van der Waals surface area contributed by atoms with Crippen molar-refractivity contribution in [3.63, 3.8) is 0 Å². The van der Waals surface area contributed by atoms with Gasteiger partial charge >= 0.3 is 0 Å². The van der Waals surface area contributed by atoms with Crippen LogP contribution in [-0.2, 0) is 0 Å². The third-order valence-corrected chi connectivity index (χ3v) is 3.48. The van der Waals surface area contributed by atoms with E-state index in [1.54, 1.807) is 0 Å². The molecule has 0 aliphatic carbocycles. The van der Waals surface area contributed by atoms with Gasteiger partial charge in [-0.1, -0.05) is 36.8 Å². The maximum absolute atomic E-state index is 4.27. The Morgan fingerprint density at radius 1 is 1.18 bits per heavy atom. The fraction of sp³-hybridized carbons (Fsp3) is 0.611. The Balaban J connectivity index is 2.35. The molecule has 4 heteroatoms. The predicted molar refractivity (Wildman–Crippen MR) is 96.7 cm³/mol. The van der Waals surface area contributed by atoms with Gasteiger partial charge in [-0.15, -0.1) is 0 Å². The third-order valence-electron chi connectivity index (χ3n) is 3.48. The highest BCUT2D eigenvalue weighted by molar-refractivity contribution is 5.79. The lowest BCUT2D eigenvalue weighted by atomic mass is 9.99. The van der Waals surface area contributed by atoms with Gasteiger partial charge in [0.25, 0.3) is 0 Å². The van der Waals surface area contributed by atoms with Crippen LogP contribution in [0.2, 0.25) is 0 Å². The number of nitrogens with one attached hydrogen (secondary N) is 3. The normalized spacial score (nSPS) is 13.8. The zero-order valence-corrected chi connectivity index (χ0v) is 15.0. The Morgan fingerprint density at radius 3 is 2.50 bits per heavy atom. The second kappa shape index (κ2) is 8.79. The van der Waals surface area contributed by atoms with Crippen LogP contribution < -0.4 is 16.0 Å². The standard InChI is InChI=1S/C18H32N4/c1-14-8-7-9-16(12-14)15(2)13-21-17(19-6)20-10-11-22-18(3,4)5/h7-9,12,15,22H,10-11,13H2,1-6H3,(H2,19,20,21). The molecular formula is C18H32N4. The molecule has 0 aliphatic rings. The molecule has 0 saturated heterocycles. The molecule has 4 nitrogen and oxygen atoms in total. The molecule has 3 N–H and O–H groups in total. The Labute approximate surface area is 135 Å². The lowest BCUT2D eigenvalue weighted by molar-refractivity contribution is 0.428. The lowest BCUT2D eigenvalue weighted by Gasteiger charge is -2.21. The van der Waals surface area contributed by atoms with E-state index in [9.17, 15) is 0 Å². The second-order valence-corrected chi connectivity index (χ2v) is 6.87. The van der Waals surface area contributed by atoms with Gasteiger partial charge in [0, 0.05) is 32.2 Å². The number of guanidine groups is 1. The Hall–Kier alpha value is -1.55. The molecule has 22 heavy (non-hydrogen) atoms. The summed E-state index contributed by atoms with van der Waals surface area (Å²) in [6.07, 6.45) is 0. The molecule has 124 valence electrons. The molecular weight excluding hydrogens is 272 g/mol. The van der Waals surface area contributed by atoms with Crippen LogP contribution in [0.5, 0.6) is 0 Å². The first-order valence-corrected chi connectivity index (χ1v) is 8.08. The Kier molecular flexibility index (Phi) is 7.39. The van der Waals surface area contributed by atoms with E-state index in [4.69, 9.17) is 0 Å². The number of rotatable bonds is 6. The van der Waals surface area contributed by atoms with Crippen LogP contribution in [0.15, 0.2) is 29.3 Å². The monoisotopic (exact) mass is 304 g/mol. The van der Waals surface area contributed by atoms with Crippen molar-refractivity contribution in [2.24, 2.45) is 4.99 Å². The molecule has 0 saturated carbocycles. The number of aryl methyl sites for hydroxylation is 1. The van der Waals surface area contributed by atoms with Gasteiger partial charge in [-0.3, -0.25) is 4.99 Å². The maximum atomic E-state index is 4.27. The topological polar surface area (TPSA) is 48.5 Å². The average Bonchev–Trinajstić information content (AvgIpc) is 2.45. The van der Waals surface area contributed by atoms with E-state index in [-0.39, 0.29) is 5.54 Å². The highest BCUT2D eigenvalue weighted by atomic mass is 15.2. The molecule has 0 fully saturated rings. The van der Waals surface area contributed by atoms with Crippen molar-refractivity contribution in [1.29, 1.82) is 0 Å². The van der Waals surface area contributed by atoms with E-state index in [0.717, 1.165) is 25.6 Å². The van der Waals surface area contributed by atoms with Crippen molar-refractivity contribution in [2.75, 3.05) is 26.7 Å². The molecule has 0 heterocycles. The van der Waals surface area contributed by atoms with Gasteiger partial charge in [0.1, 0.15) is 0 Å². The fourth-order valence-electron chi connectivity index (χ4n) is 2.18. The quantitative estimate of drug-likeness (QED) is 0.430. The number of aliphatic imine (C=N–C) groups is 1. The van der Waals surface area contributed by atoms with Gasteiger partial charge < -0.3 is 16.0 Å². The number of hydrogen-bond acceptors (Lipinski definition) is 2. The summed E-state index contributed by atoms with van der Waals surface area (Å²) < 4.78 is 0. The van der Waals surface area contributed by atoms with E-state index in [0.29, 0.717) is 5.92 Å². The molecule has 1 unspecified atom stereocenters. The smallest absolute Gasteiger partial charge is 0.191 e. The average molecular weight is 304 g/mol. The first-order chi connectivity index (χ1) is 10.3. The van der Waals surface area contributed by atoms with Gasteiger partial charge in [-0.2, -0.15) is 0 Å². The van der Waals surface area contributed by atoms with Gasteiger partial charge in [0.15, 0.2) is 5.96 Å². The van der Waals surface area contributed by atoms with Gasteiger partial charge in [-0.05, 0) is 39.2 Å². The lowest BCUT2D eigenvalue weighted by Crippen LogP contribution is -2.45. The van der Waals surface area contributed by atoms with E-state index >= 15 is 0 Å². The Morgan fingerprint density at radius 2 is 1.91 bits per heavy atom. The van der Waals surface area contributed by atoms with Crippen molar-refractivity contribution in [3.05, 3.63) is 35.4 Å². The van der Waals surface area contributed by atoms with Crippen LogP contribution in [-0.4, -0.2) is 38.2 Å². The van der Waals surface area contributed by atoms with Gasteiger partial charge in [-0.25, -0.2) is 0 Å². The van der Waals surface area contributed by atoms with Crippen LogP contribution in [0, 0.1) is 6.92 Å². The molecule has 1 rings (SSSR count).